The van der Waals surface area contributed by atoms with Crippen molar-refractivity contribution in [3.8, 4) is 0 Å². The van der Waals surface area contributed by atoms with E-state index in [0.717, 1.165) is 45.2 Å². The van der Waals surface area contributed by atoms with E-state index < -0.39 is 0 Å². The average Bonchev–Trinajstić information content (AvgIpc) is 2.96. The fraction of sp³-hybridized carbons (Fsp3) is 0.875. The summed E-state index contributed by atoms with van der Waals surface area (Å²) in [6.45, 7) is 13.0. The molecule has 6 nitrogen and oxygen atoms in total. The molecule has 0 saturated carbocycles. The first-order valence-electron chi connectivity index (χ1n) is 8.47. The minimum atomic E-state index is 0.0364. The van der Waals surface area contributed by atoms with Crippen LogP contribution >= 0.6 is 0 Å². The first-order chi connectivity index (χ1) is 10.5. The molecule has 1 heterocycles. The van der Waals surface area contributed by atoms with Crippen LogP contribution in [-0.2, 0) is 4.79 Å². The van der Waals surface area contributed by atoms with Crippen LogP contribution in [-0.4, -0.2) is 86.5 Å². The fourth-order valence-electron chi connectivity index (χ4n) is 2.73. The average molecular weight is 311 g/mol. The fourth-order valence-corrected chi connectivity index (χ4v) is 2.73. The van der Waals surface area contributed by atoms with Crippen LogP contribution in [0.15, 0.2) is 4.99 Å². The summed E-state index contributed by atoms with van der Waals surface area (Å²) < 4.78 is 0. The van der Waals surface area contributed by atoms with Gasteiger partial charge in [0.2, 0.25) is 5.91 Å². The molecule has 1 amide bonds. The molecule has 0 bridgehead atoms. The number of carbonyl (C=O) groups is 1. The molecule has 1 rings (SSSR count). The smallest absolute Gasteiger partial charge is 0.243 e. The zero-order valence-corrected chi connectivity index (χ0v) is 14.9. The van der Waals surface area contributed by atoms with Crippen LogP contribution in [0.1, 0.15) is 27.2 Å². The van der Waals surface area contributed by atoms with Gasteiger partial charge in [0.25, 0.3) is 0 Å². The maximum absolute atomic E-state index is 11.7. The van der Waals surface area contributed by atoms with E-state index in [2.05, 4.69) is 40.9 Å². The molecule has 0 radical (unpaired) electrons. The van der Waals surface area contributed by atoms with Gasteiger partial charge in [-0.3, -0.25) is 4.79 Å². The lowest BCUT2D eigenvalue weighted by atomic mass is 10.1. The van der Waals surface area contributed by atoms with Gasteiger partial charge in [-0.1, -0.05) is 13.8 Å². The highest BCUT2D eigenvalue weighted by molar-refractivity contribution is 5.85. The first-order valence-corrected chi connectivity index (χ1v) is 8.47. The van der Waals surface area contributed by atoms with Gasteiger partial charge in [-0.25, -0.2) is 4.99 Å². The number of nitrogens with one attached hydrogen (secondary N) is 1. The molecule has 1 aliphatic heterocycles. The number of likely N-dealkylation sites (tertiary alicyclic amines) is 1. The summed E-state index contributed by atoms with van der Waals surface area (Å²) in [6, 6.07) is 0. The van der Waals surface area contributed by atoms with E-state index in [1.165, 1.54) is 6.42 Å². The van der Waals surface area contributed by atoms with Crippen molar-refractivity contribution in [3.63, 3.8) is 0 Å². The molecule has 1 aliphatic rings. The van der Waals surface area contributed by atoms with E-state index in [9.17, 15) is 4.79 Å². The minimum Gasteiger partial charge on any atom is -0.357 e. The topological polar surface area (TPSA) is 51.2 Å². The molecule has 0 spiro atoms. The van der Waals surface area contributed by atoms with Crippen LogP contribution in [0.3, 0.4) is 0 Å². The Morgan fingerprint density at radius 3 is 2.50 bits per heavy atom. The summed E-state index contributed by atoms with van der Waals surface area (Å²) in [5, 5.41) is 3.31. The predicted molar refractivity (Wildman–Crippen MR) is 92.1 cm³/mol. The van der Waals surface area contributed by atoms with Crippen molar-refractivity contribution in [3.05, 3.63) is 0 Å². The van der Waals surface area contributed by atoms with Crippen molar-refractivity contribution >= 4 is 11.9 Å². The van der Waals surface area contributed by atoms with Crippen molar-refractivity contribution in [2.24, 2.45) is 10.9 Å². The van der Waals surface area contributed by atoms with Crippen molar-refractivity contribution in [2.75, 3.05) is 59.9 Å². The molecule has 1 atom stereocenters. The maximum Gasteiger partial charge on any atom is 0.243 e. The summed E-state index contributed by atoms with van der Waals surface area (Å²) >= 11 is 0. The Morgan fingerprint density at radius 2 is 1.95 bits per heavy atom. The lowest BCUT2D eigenvalue weighted by molar-refractivity contribution is -0.127. The number of rotatable bonds is 7. The molecular formula is C16H33N5O. The van der Waals surface area contributed by atoms with Gasteiger partial charge in [0, 0.05) is 40.3 Å². The van der Waals surface area contributed by atoms with E-state index in [1.807, 2.05) is 0 Å². The van der Waals surface area contributed by atoms with Gasteiger partial charge in [-0.2, -0.15) is 0 Å². The van der Waals surface area contributed by atoms with Gasteiger partial charge >= 0.3 is 0 Å². The van der Waals surface area contributed by atoms with E-state index in [1.54, 1.807) is 19.0 Å². The zero-order chi connectivity index (χ0) is 16.5. The summed E-state index contributed by atoms with van der Waals surface area (Å²) in [5.74, 6) is 1.60. The molecule has 0 aromatic rings. The monoisotopic (exact) mass is 311 g/mol. The molecule has 1 N–H and O–H groups in total. The molecule has 22 heavy (non-hydrogen) atoms. The molecule has 1 unspecified atom stereocenters. The Hall–Kier alpha value is -1.30. The third-order valence-corrected chi connectivity index (χ3v) is 4.19. The molecule has 0 aromatic carbocycles. The highest BCUT2D eigenvalue weighted by Gasteiger charge is 2.26. The van der Waals surface area contributed by atoms with E-state index >= 15 is 0 Å². The van der Waals surface area contributed by atoms with Crippen LogP contribution in [0.25, 0.3) is 0 Å². The lowest BCUT2D eigenvalue weighted by Gasteiger charge is -2.24. The Labute approximate surface area is 135 Å². The highest BCUT2D eigenvalue weighted by Crippen LogP contribution is 2.17. The van der Waals surface area contributed by atoms with Crippen LogP contribution in [0.5, 0.6) is 0 Å². The second-order valence-corrected chi connectivity index (χ2v) is 6.04. The molecule has 128 valence electrons. The summed E-state index contributed by atoms with van der Waals surface area (Å²) in [5.41, 5.74) is 0. The van der Waals surface area contributed by atoms with Crippen molar-refractivity contribution < 1.29 is 4.79 Å². The molecule has 0 aliphatic carbocycles. The van der Waals surface area contributed by atoms with Crippen LogP contribution in [0.2, 0.25) is 0 Å². The normalized spacial score (nSPS) is 18.9. The Bertz CT molecular complexity index is 366. The molecule has 0 aromatic heterocycles. The Kier molecular flexibility index (Phi) is 8.24. The van der Waals surface area contributed by atoms with Gasteiger partial charge in [-0.05, 0) is 32.4 Å². The Balaban J connectivity index is 2.58. The summed E-state index contributed by atoms with van der Waals surface area (Å²) in [7, 11) is 3.53. The Morgan fingerprint density at radius 1 is 1.27 bits per heavy atom. The van der Waals surface area contributed by atoms with Crippen molar-refractivity contribution in [1.29, 1.82) is 0 Å². The second kappa shape index (κ2) is 9.66. The molecule has 6 heteroatoms. The number of amides is 1. The van der Waals surface area contributed by atoms with E-state index in [-0.39, 0.29) is 12.5 Å². The number of hydrogen-bond donors (Lipinski definition) is 1. The van der Waals surface area contributed by atoms with Crippen LogP contribution in [0, 0.1) is 5.92 Å². The lowest BCUT2D eigenvalue weighted by Crippen LogP contribution is -2.41. The second-order valence-electron chi connectivity index (χ2n) is 6.04. The highest BCUT2D eigenvalue weighted by atomic mass is 16.2. The van der Waals surface area contributed by atoms with Gasteiger partial charge in [0.05, 0.1) is 0 Å². The van der Waals surface area contributed by atoms with Crippen molar-refractivity contribution in [2.45, 2.75) is 27.2 Å². The molecule has 1 fully saturated rings. The summed E-state index contributed by atoms with van der Waals surface area (Å²) in [4.78, 5) is 22.6. The molecule has 1 saturated heterocycles. The van der Waals surface area contributed by atoms with E-state index in [0.29, 0.717) is 5.92 Å². The SMILES string of the molecule is CCNC(=NCC(=O)N(C)C)N1CCC(CN(CC)CC)C1. The van der Waals surface area contributed by atoms with Crippen LogP contribution in [0.4, 0.5) is 0 Å². The quantitative estimate of drug-likeness (QED) is 0.556. The van der Waals surface area contributed by atoms with Gasteiger partial charge in [-0.15, -0.1) is 0 Å². The number of likely N-dealkylation sites (N-methyl/N-ethyl adjacent to an activating group) is 1. The number of guanidine groups is 1. The van der Waals surface area contributed by atoms with Crippen molar-refractivity contribution in [1.82, 2.24) is 20.0 Å². The predicted octanol–water partition coefficient (Wildman–Crippen LogP) is 0.704. The number of carbonyl (C=O) groups excluding carboxylic acids is 1. The third kappa shape index (κ3) is 5.83. The summed E-state index contributed by atoms with van der Waals surface area (Å²) in [6.07, 6.45) is 1.20. The minimum absolute atomic E-state index is 0.0364. The first kappa shape index (κ1) is 18.7. The van der Waals surface area contributed by atoms with E-state index in [4.69, 9.17) is 0 Å². The standard InChI is InChI=1S/C16H33N5O/c1-6-17-16(18-11-15(22)19(4)5)21-10-9-14(13-21)12-20(7-2)8-3/h14H,6-13H2,1-5H3,(H,17,18). The zero-order valence-electron chi connectivity index (χ0n) is 14.9. The van der Waals surface area contributed by atoms with Gasteiger partial charge in [0.15, 0.2) is 5.96 Å². The van der Waals surface area contributed by atoms with Crippen LogP contribution < -0.4 is 5.32 Å². The van der Waals surface area contributed by atoms with Gasteiger partial charge in [0.1, 0.15) is 6.54 Å². The number of nitrogens with zero attached hydrogens (tertiary/aromatic N) is 4. The van der Waals surface area contributed by atoms with Gasteiger partial charge < -0.3 is 20.0 Å². The molecular weight excluding hydrogens is 278 g/mol. The third-order valence-electron chi connectivity index (χ3n) is 4.19. The number of aliphatic imine (C=N–C) groups is 1. The largest absolute Gasteiger partial charge is 0.357 e. The maximum atomic E-state index is 11.7. The number of hydrogen-bond acceptors (Lipinski definition) is 3.